The maximum Gasteiger partial charge on any atom is 0.339 e. The molecule has 1 heterocycles. The molecular weight excluding hydrogens is 322 g/mol. The van der Waals surface area contributed by atoms with E-state index in [4.69, 9.17) is 4.74 Å². The Hall–Kier alpha value is -2.14. The summed E-state index contributed by atoms with van der Waals surface area (Å²) in [7, 11) is 0. The molecule has 0 unspecified atom stereocenters. The Morgan fingerprint density at radius 2 is 2.12 bits per heavy atom. The van der Waals surface area contributed by atoms with Gasteiger partial charge in [-0.1, -0.05) is 25.1 Å². The van der Waals surface area contributed by atoms with Gasteiger partial charge >= 0.3 is 5.97 Å². The standard InChI is InChI=1S/C19H21NO3S/c1-12-7-8-14-15(11-24-17(14)9-12)19(22)23-10-18(21)20-16-6-4-3-5-13(16)2/h3-6,11-12H,7-10H2,1-2H3,(H,20,21)/t12-/m0/s1. The number of carbonyl (C=O) groups excluding carboxylic acids is 2. The van der Waals surface area contributed by atoms with Crippen LogP contribution in [-0.2, 0) is 22.4 Å². The lowest BCUT2D eigenvalue weighted by Crippen LogP contribution is -2.22. The fourth-order valence-corrected chi connectivity index (χ4v) is 4.19. The molecule has 0 aliphatic heterocycles. The Bertz CT molecular complexity index is 766. The van der Waals surface area contributed by atoms with E-state index >= 15 is 0 Å². The molecule has 0 fully saturated rings. The van der Waals surface area contributed by atoms with E-state index in [1.54, 1.807) is 11.3 Å². The number of esters is 1. The van der Waals surface area contributed by atoms with Gasteiger partial charge in [-0.25, -0.2) is 4.79 Å². The molecular formula is C19H21NO3S. The molecule has 0 spiro atoms. The molecule has 1 aliphatic rings. The number of rotatable bonds is 4. The minimum absolute atomic E-state index is 0.270. The normalized spacial score (nSPS) is 16.3. The van der Waals surface area contributed by atoms with E-state index in [1.807, 2.05) is 36.6 Å². The van der Waals surface area contributed by atoms with Crippen molar-refractivity contribution < 1.29 is 14.3 Å². The Labute approximate surface area is 145 Å². The summed E-state index contributed by atoms with van der Waals surface area (Å²) in [5, 5.41) is 4.63. The number of hydrogen-bond acceptors (Lipinski definition) is 4. The van der Waals surface area contributed by atoms with Gasteiger partial charge in [-0.05, 0) is 49.3 Å². The van der Waals surface area contributed by atoms with E-state index in [1.165, 1.54) is 4.88 Å². The second-order valence-corrected chi connectivity index (χ2v) is 7.30. The first-order valence-corrected chi connectivity index (χ1v) is 9.04. The molecule has 0 bridgehead atoms. The number of nitrogens with one attached hydrogen (secondary N) is 1. The van der Waals surface area contributed by atoms with Crippen molar-refractivity contribution in [3.05, 3.63) is 51.2 Å². The molecule has 24 heavy (non-hydrogen) atoms. The van der Waals surface area contributed by atoms with E-state index in [-0.39, 0.29) is 12.5 Å². The van der Waals surface area contributed by atoms with Crippen LogP contribution in [0.3, 0.4) is 0 Å². The molecule has 1 aromatic heterocycles. The summed E-state index contributed by atoms with van der Waals surface area (Å²) in [6.07, 6.45) is 3.04. The fourth-order valence-electron chi connectivity index (χ4n) is 2.96. The van der Waals surface area contributed by atoms with Crippen LogP contribution < -0.4 is 5.32 Å². The molecule has 2 aromatic rings. The predicted molar refractivity (Wildman–Crippen MR) is 95.6 cm³/mol. The van der Waals surface area contributed by atoms with E-state index < -0.39 is 5.97 Å². The summed E-state index contributed by atoms with van der Waals surface area (Å²) in [5.74, 6) is -0.0581. The summed E-state index contributed by atoms with van der Waals surface area (Å²) in [4.78, 5) is 25.6. The number of carbonyl (C=O) groups is 2. The summed E-state index contributed by atoms with van der Waals surface area (Å²) < 4.78 is 5.21. The SMILES string of the molecule is Cc1ccccc1NC(=O)COC(=O)c1csc2c1CC[C@H](C)C2. The van der Waals surface area contributed by atoms with E-state index in [2.05, 4.69) is 12.2 Å². The fraction of sp³-hybridized carbons (Fsp3) is 0.368. The molecule has 1 aliphatic carbocycles. The van der Waals surface area contributed by atoms with Crippen molar-refractivity contribution >= 4 is 28.9 Å². The van der Waals surface area contributed by atoms with Crippen molar-refractivity contribution in [3.63, 3.8) is 0 Å². The van der Waals surface area contributed by atoms with E-state index in [9.17, 15) is 9.59 Å². The van der Waals surface area contributed by atoms with E-state index in [0.717, 1.165) is 36.1 Å². The molecule has 3 rings (SSSR count). The predicted octanol–water partition coefficient (Wildman–Crippen LogP) is 3.98. The first kappa shape index (κ1) is 16.7. The van der Waals surface area contributed by atoms with Gasteiger partial charge in [0.05, 0.1) is 5.56 Å². The van der Waals surface area contributed by atoms with Gasteiger partial charge in [0.1, 0.15) is 0 Å². The average molecular weight is 343 g/mol. The van der Waals surface area contributed by atoms with Crippen LogP contribution in [0.1, 0.15) is 39.7 Å². The molecule has 0 saturated carbocycles. The van der Waals surface area contributed by atoms with Crippen LogP contribution in [0, 0.1) is 12.8 Å². The number of benzene rings is 1. The van der Waals surface area contributed by atoms with Gasteiger partial charge in [0.15, 0.2) is 6.61 Å². The molecule has 0 saturated heterocycles. The van der Waals surface area contributed by atoms with Crippen LogP contribution >= 0.6 is 11.3 Å². The van der Waals surface area contributed by atoms with Gasteiger partial charge in [0, 0.05) is 15.9 Å². The third kappa shape index (κ3) is 3.67. The van der Waals surface area contributed by atoms with Crippen molar-refractivity contribution in [1.82, 2.24) is 0 Å². The second kappa shape index (κ2) is 7.18. The number of amides is 1. The van der Waals surface area contributed by atoms with Crippen LogP contribution in [0.2, 0.25) is 0 Å². The summed E-state index contributed by atoms with van der Waals surface area (Å²) in [6.45, 7) is 3.88. The highest BCUT2D eigenvalue weighted by atomic mass is 32.1. The number of anilines is 1. The Morgan fingerprint density at radius 3 is 2.92 bits per heavy atom. The lowest BCUT2D eigenvalue weighted by Gasteiger charge is -2.18. The number of aryl methyl sites for hydroxylation is 1. The molecule has 126 valence electrons. The second-order valence-electron chi connectivity index (χ2n) is 6.34. The lowest BCUT2D eigenvalue weighted by atomic mass is 9.88. The zero-order valence-electron chi connectivity index (χ0n) is 13.9. The highest BCUT2D eigenvalue weighted by molar-refractivity contribution is 7.10. The van der Waals surface area contributed by atoms with Gasteiger partial charge in [-0.3, -0.25) is 4.79 Å². The molecule has 0 radical (unpaired) electrons. The van der Waals surface area contributed by atoms with Crippen molar-refractivity contribution in [1.29, 1.82) is 0 Å². The monoisotopic (exact) mass is 343 g/mol. The molecule has 4 nitrogen and oxygen atoms in total. The Morgan fingerprint density at radius 1 is 1.33 bits per heavy atom. The summed E-state index contributed by atoms with van der Waals surface area (Å²) in [6, 6.07) is 7.50. The average Bonchev–Trinajstić information content (AvgIpc) is 2.98. The van der Waals surface area contributed by atoms with Crippen LogP contribution in [0.5, 0.6) is 0 Å². The molecule has 1 N–H and O–H groups in total. The highest BCUT2D eigenvalue weighted by Gasteiger charge is 2.24. The van der Waals surface area contributed by atoms with Gasteiger partial charge in [-0.2, -0.15) is 0 Å². The van der Waals surface area contributed by atoms with Gasteiger partial charge in [0.2, 0.25) is 0 Å². The lowest BCUT2D eigenvalue weighted by molar-refractivity contribution is -0.119. The number of para-hydroxylation sites is 1. The van der Waals surface area contributed by atoms with Crippen LogP contribution in [0.4, 0.5) is 5.69 Å². The molecule has 1 amide bonds. The maximum atomic E-state index is 12.3. The third-order valence-corrected chi connectivity index (χ3v) is 5.43. The number of fused-ring (bicyclic) bond motifs is 1. The Balaban J connectivity index is 1.58. The molecule has 5 heteroatoms. The highest BCUT2D eigenvalue weighted by Crippen LogP contribution is 2.33. The number of thiophene rings is 1. The van der Waals surface area contributed by atoms with Crippen molar-refractivity contribution in [2.75, 3.05) is 11.9 Å². The topological polar surface area (TPSA) is 55.4 Å². The maximum absolute atomic E-state index is 12.3. The molecule has 1 atom stereocenters. The zero-order chi connectivity index (χ0) is 17.1. The number of hydrogen-bond donors (Lipinski definition) is 1. The van der Waals surface area contributed by atoms with E-state index in [0.29, 0.717) is 11.5 Å². The smallest absolute Gasteiger partial charge is 0.339 e. The largest absolute Gasteiger partial charge is 0.452 e. The van der Waals surface area contributed by atoms with Gasteiger partial charge in [0.25, 0.3) is 5.91 Å². The van der Waals surface area contributed by atoms with Crippen LogP contribution in [-0.4, -0.2) is 18.5 Å². The zero-order valence-corrected chi connectivity index (χ0v) is 14.7. The van der Waals surface area contributed by atoms with Crippen molar-refractivity contribution in [2.24, 2.45) is 5.92 Å². The first-order valence-electron chi connectivity index (χ1n) is 8.16. The minimum atomic E-state index is -0.401. The van der Waals surface area contributed by atoms with Crippen LogP contribution in [0.15, 0.2) is 29.6 Å². The number of ether oxygens (including phenoxy) is 1. The van der Waals surface area contributed by atoms with Gasteiger partial charge < -0.3 is 10.1 Å². The quantitative estimate of drug-likeness (QED) is 0.855. The minimum Gasteiger partial charge on any atom is -0.452 e. The molecule has 1 aromatic carbocycles. The summed E-state index contributed by atoms with van der Waals surface area (Å²) >= 11 is 1.62. The van der Waals surface area contributed by atoms with Crippen molar-refractivity contribution in [3.8, 4) is 0 Å². The van der Waals surface area contributed by atoms with Gasteiger partial charge in [-0.15, -0.1) is 11.3 Å². The first-order chi connectivity index (χ1) is 11.5. The Kier molecular flexibility index (Phi) is 5.00. The summed E-state index contributed by atoms with van der Waals surface area (Å²) in [5.41, 5.74) is 3.45. The van der Waals surface area contributed by atoms with Crippen LogP contribution in [0.25, 0.3) is 0 Å². The van der Waals surface area contributed by atoms with Crippen molar-refractivity contribution in [2.45, 2.75) is 33.1 Å². The third-order valence-electron chi connectivity index (χ3n) is 4.38.